The van der Waals surface area contributed by atoms with Crippen LogP contribution in [0.15, 0.2) is 30.5 Å². The van der Waals surface area contributed by atoms with Gasteiger partial charge in [0.2, 0.25) is 0 Å². The molecule has 0 fully saturated rings. The molecule has 1 heterocycles. The van der Waals surface area contributed by atoms with Crippen LogP contribution in [0.2, 0.25) is 0 Å². The molecule has 0 saturated heterocycles. The van der Waals surface area contributed by atoms with Crippen LogP contribution in [0.4, 0.5) is 5.13 Å². The van der Waals surface area contributed by atoms with Crippen LogP contribution in [-0.4, -0.2) is 16.1 Å². The lowest BCUT2D eigenvalue weighted by Crippen LogP contribution is -2.00. The molecule has 0 bridgehead atoms. The van der Waals surface area contributed by atoms with E-state index in [1.54, 1.807) is 0 Å². The Morgan fingerprint density at radius 3 is 2.88 bits per heavy atom. The van der Waals surface area contributed by atoms with E-state index in [2.05, 4.69) is 10.3 Å². The van der Waals surface area contributed by atoms with Gasteiger partial charge in [-0.05, 0) is 18.1 Å². The lowest BCUT2D eigenvalue weighted by atomic mass is 10.1. The molecule has 0 aliphatic rings. The second kappa shape index (κ2) is 4.97. The number of carboxylic acid groups (broad SMARTS) is 1. The first kappa shape index (κ1) is 11.6. The molecule has 0 unspecified atom stereocenters. The molecule has 0 amide bonds. The monoisotopic (exact) mass is 248 g/mol. The maximum Gasteiger partial charge on any atom is 0.347 e. The van der Waals surface area contributed by atoms with Crippen molar-refractivity contribution in [2.45, 2.75) is 13.5 Å². The van der Waals surface area contributed by atoms with E-state index in [1.807, 2.05) is 31.2 Å². The number of benzene rings is 1. The second-order valence-corrected chi connectivity index (χ2v) is 4.65. The molecule has 5 heteroatoms. The zero-order chi connectivity index (χ0) is 12.3. The first-order valence-corrected chi connectivity index (χ1v) is 5.96. The average molecular weight is 248 g/mol. The van der Waals surface area contributed by atoms with Crippen molar-refractivity contribution in [3.8, 4) is 0 Å². The number of rotatable bonds is 4. The molecule has 0 atom stereocenters. The van der Waals surface area contributed by atoms with Crippen molar-refractivity contribution in [3.63, 3.8) is 0 Å². The summed E-state index contributed by atoms with van der Waals surface area (Å²) in [7, 11) is 0. The van der Waals surface area contributed by atoms with Crippen LogP contribution in [0.5, 0.6) is 0 Å². The van der Waals surface area contributed by atoms with Gasteiger partial charge in [-0.1, -0.05) is 35.6 Å². The third kappa shape index (κ3) is 2.82. The Morgan fingerprint density at radius 2 is 2.24 bits per heavy atom. The Labute approximate surface area is 103 Å². The smallest absolute Gasteiger partial charge is 0.347 e. The molecule has 2 N–H and O–H groups in total. The maximum atomic E-state index is 10.7. The first-order chi connectivity index (χ1) is 8.16. The Balaban J connectivity index is 2.02. The second-order valence-electron chi connectivity index (χ2n) is 3.61. The molecule has 0 radical (unpaired) electrons. The van der Waals surface area contributed by atoms with Gasteiger partial charge in [-0.2, -0.15) is 0 Å². The molecule has 0 saturated carbocycles. The van der Waals surface area contributed by atoms with Crippen LogP contribution < -0.4 is 5.32 Å². The number of aromatic carboxylic acids is 1. The van der Waals surface area contributed by atoms with E-state index in [0.29, 0.717) is 11.7 Å². The van der Waals surface area contributed by atoms with Crippen molar-refractivity contribution in [1.29, 1.82) is 0 Å². The van der Waals surface area contributed by atoms with Crippen molar-refractivity contribution in [3.05, 3.63) is 46.5 Å². The summed E-state index contributed by atoms with van der Waals surface area (Å²) >= 11 is 1.14. The number of aryl methyl sites for hydroxylation is 1. The Morgan fingerprint density at radius 1 is 1.47 bits per heavy atom. The standard InChI is InChI=1S/C12H12N2O2S/c1-8-4-2-3-5-9(8)6-13-12-14-7-10(17-12)11(15)16/h2-5,7H,6H2,1H3,(H,13,14)(H,15,16). The van der Waals surface area contributed by atoms with E-state index in [4.69, 9.17) is 5.11 Å². The molecule has 4 nitrogen and oxygen atoms in total. The molecule has 2 aromatic rings. The first-order valence-electron chi connectivity index (χ1n) is 5.14. The number of aromatic nitrogens is 1. The third-order valence-corrected chi connectivity index (χ3v) is 3.35. The van der Waals surface area contributed by atoms with Gasteiger partial charge in [0.05, 0.1) is 6.20 Å². The van der Waals surface area contributed by atoms with Gasteiger partial charge in [0.1, 0.15) is 4.88 Å². The van der Waals surface area contributed by atoms with E-state index >= 15 is 0 Å². The highest BCUT2D eigenvalue weighted by atomic mass is 32.1. The number of carboxylic acids is 1. The highest BCUT2D eigenvalue weighted by Crippen LogP contribution is 2.19. The number of nitrogens with one attached hydrogen (secondary N) is 1. The summed E-state index contributed by atoms with van der Waals surface area (Å²) < 4.78 is 0. The quantitative estimate of drug-likeness (QED) is 0.873. The summed E-state index contributed by atoms with van der Waals surface area (Å²) in [5.74, 6) is -0.938. The number of carbonyl (C=O) groups is 1. The predicted molar refractivity (Wildman–Crippen MR) is 67.6 cm³/mol. The lowest BCUT2D eigenvalue weighted by molar-refractivity contribution is 0.0702. The predicted octanol–water partition coefficient (Wildman–Crippen LogP) is 2.76. The Kier molecular flexibility index (Phi) is 3.39. The summed E-state index contributed by atoms with van der Waals surface area (Å²) in [5.41, 5.74) is 2.38. The summed E-state index contributed by atoms with van der Waals surface area (Å²) in [6.07, 6.45) is 1.37. The van der Waals surface area contributed by atoms with Gasteiger partial charge in [-0.25, -0.2) is 9.78 Å². The van der Waals surface area contributed by atoms with Gasteiger partial charge in [0.15, 0.2) is 5.13 Å². The molecule has 0 spiro atoms. The lowest BCUT2D eigenvalue weighted by Gasteiger charge is -2.05. The van der Waals surface area contributed by atoms with Crippen molar-refractivity contribution in [1.82, 2.24) is 4.98 Å². The minimum atomic E-state index is -0.938. The summed E-state index contributed by atoms with van der Waals surface area (Å²) in [5, 5.41) is 12.5. The van der Waals surface area contributed by atoms with E-state index < -0.39 is 5.97 Å². The number of anilines is 1. The molecule has 1 aromatic heterocycles. The molecular formula is C12H12N2O2S. The third-order valence-electron chi connectivity index (χ3n) is 2.41. The fraction of sp³-hybridized carbons (Fsp3) is 0.167. The minimum Gasteiger partial charge on any atom is -0.477 e. The van der Waals surface area contributed by atoms with Crippen LogP contribution in [0.25, 0.3) is 0 Å². The minimum absolute atomic E-state index is 0.247. The molecular weight excluding hydrogens is 236 g/mol. The van der Waals surface area contributed by atoms with Gasteiger partial charge >= 0.3 is 5.97 Å². The van der Waals surface area contributed by atoms with Crippen LogP contribution in [0.1, 0.15) is 20.8 Å². The van der Waals surface area contributed by atoms with E-state index in [-0.39, 0.29) is 4.88 Å². The number of nitrogens with zero attached hydrogens (tertiary/aromatic N) is 1. The average Bonchev–Trinajstić information content (AvgIpc) is 2.77. The molecule has 88 valence electrons. The zero-order valence-electron chi connectivity index (χ0n) is 9.30. The number of hydrogen-bond acceptors (Lipinski definition) is 4. The van der Waals surface area contributed by atoms with Crippen molar-refractivity contribution in [2.75, 3.05) is 5.32 Å². The van der Waals surface area contributed by atoms with Crippen LogP contribution in [0, 0.1) is 6.92 Å². The van der Waals surface area contributed by atoms with Crippen LogP contribution in [0.3, 0.4) is 0 Å². The summed E-state index contributed by atoms with van der Waals surface area (Å²) in [6, 6.07) is 8.05. The van der Waals surface area contributed by atoms with Gasteiger partial charge in [-0.15, -0.1) is 0 Å². The molecule has 17 heavy (non-hydrogen) atoms. The highest BCUT2D eigenvalue weighted by Gasteiger charge is 2.08. The van der Waals surface area contributed by atoms with Crippen LogP contribution >= 0.6 is 11.3 Å². The van der Waals surface area contributed by atoms with Gasteiger partial charge in [0.25, 0.3) is 0 Å². The zero-order valence-corrected chi connectivity index (χ0v) is 10.1. The van der Waals surface area contributed by atoms with Crippen molar-refractivity contribution >= 4 is 22.4 Å². The molecule has 0 aliphatic carbocycles. The highest BCUT2D eigenvalue weighted by molar-refractivity contribution is 7.17. The van der Waals surface area contributed by atoms with Gasteiger partial charge in [-0.3, -0.25) is 0 Å². The van der Waals surface area contributed by atoms with Crippen LogP contribution in [-0.2, 0) is 6.54 Å². The summed E-state index contributed by atoms with van der Waals surface area (Å²) in [4.78, 5) is 14.9. The Bertz CT molecular complexity index is 537. The number of hydrogen-bond donors (Lipinski definition) is 2. The van der Waals surface area contributed by atoms with Gasteiger partial charge in [0, 0.05) is 6.54 Å². The largest absolute Gasteiger partial charge is 0.477 e. The fourth-order valence-corrected chi connectivity index (χ4v) is 2.08. The Hall–Kier alpha value is -1.88. The SMILES string of the molecule is Cc1ccccc1CNc1ncc(C(=O)O)s1. The molecule has 0 aliphatic heterocycles. The number of thiazole rings is 1. The summed E-state index contributed by atoms with van der Waals surface area (Å²) in [6.45, 7) is 2.70. The van der Waals surface area contributed by atoms with E-state index in [1.165, 1.54) is 17.3 Å². The van der Waals surface area contributed by atoms with E-state index in [9.17, 15) is 4.79 Å². The van der Waals surface area contributed by atoms with E-state index in [0.717, 1.165) is 11.3 Å². The maximum absolute atomic E-state index is 10.7. The molecule has 2 rings (SSSR count). The topological polar surface area (TPSA) is 62.2 Å². The normalized spacial score (nSPS) is 10.2. The van der Waals surface area contributed by atoms with Gasteiger partial charge < -0.3 is 10.4 Å². The molecule has 1 aromatic carbocycles. The van der Waals surface area contributed by atoms with Crippen molar-refractivity contribution in [2.24, 2.45) is 0 Å². The fourth-order valence-electron chi connectivity index (χ4n) is 1.43. The van der Waals surface area contributed by atoms with Crippen molar-refractivity contribution < 1.29 is 9.90 Å².